The molecule has 6 nitrogen and oxygen atoms in total. The predicted molar refractivity (Wildman–Crippen MR) is 103 cm³/mol. The third-order valence-electron chi connectivity index (χ3n) is 4.67. The molecule has 0 bridgehead atoms. The van der Waals surface area contributed by atoms with Gasteiger partial charge in [0.2, 0.25) is 0 Å². The van der Waals surface area contributed by atoms with Gasteiger partial charge in [-0.15, -0.1) is 0 Å². The number of carbonyl (C=O) groups excluding carboxylic acids is 2. The number of rotatable bonds is 6. The molecule has 9 heteroatoms. The van der Waals surface area contributed by atoms with E-state index in [1.165, 1.54) is 30.5 Å². The Morgan fingerprint density at radius 2 is 2.07 bits per heavy atom. The van der Waals surface area contributed by atoms with E-state index < -0.39 is 24.4 Å². The Balaban J connectivity index is 1.65. The molecular weight excluding hydrogens is 404 g/mol. The second-order valence-electron chi connectivity index (χ2n) is 6.97. The summed E-state index contributed by atoms with van der Waals surface area (Å²) in [6.45, 7) is -0.102. The quantitative estimate of drug-likeness (QED) is 0.664. The minimum atomic E-state index is -3.04. The van der Waals surface area contributed by atoms with Crippen LogP contribution in [0.5, 0.6) is 5.75 Å². The van der Waals surface area contributed by atoms with Gasteiger partial charge in [0.15, 0.2) is 0 Å². The Morgan fingerprint density at radius 3 is 2.83 bits per heavy atom. The summed E-state index contributed by atoms with van der Waals surface area (Å²) in [5.74, 6) is -3.98. The van der Waals surface area contributed by atoms with Crippen LogP contribution in [-0.4, -0.2) is 46.8 Å². The van der Waals surface area contributed by atoms with Crippen molar-refractivity contribution in [1.29, 1.82) is 0 Å². The Labute approximate surface area is 171 Å². The molecule has 0 radical (unpaired) electrons. The van der Waals surface area contributed by atoms with Crippen LogP contribution in [0, 0.1) is 0 Å². The van der Waals surface area contributed by atoms with Crippen LogP contribution in [0.15, 0.2) is 36.5 Å². The molecule has 154 valence electrons. The van der Waals surface area contributed by atoms with Gasteiger partial charge in [0.05, 0.1) is 12.6 Å². The van der Waals surface area contributed by atoms with E-state index in [2.05, 4.69) is 15.6 Å². The number of hydrogen-bond acceptors (Lipinski definition) is 5. The number of nitrogens with one attached hydrogen (secondary N) is 2. The summed E-state index contributed by atoms with van der Waals surface area (Å²) < 4.78 is 27.8. The Kier molecular flexibility index (Phi) is 6.44. The highest BCUT2D eigenvalue weighted by atomic mass is 35.5. The molecule has 1 atom stereocenters. The molecule has 1 unspecified atom stereocenters. The second-order valence-corrected chi connectivity index (χ2v) is 7.40. The van der Waals surface area contributed by atoms with Crippen molar-refractivity contribution in [2.45, 2.75) is 31.2 Å². The number of benzene rings is 1. The van der Waals surface area contributed by atoms with Crippen LogP contribution in [0.4, 0.5) is 8.78 Å². The van der Waals surface area contributed by atoms with Gasteiger partial charge in [0.1, 0.15) is 17.2 Å². The zero-order valence-electron chi connectivity index (χ0n) is 15.4. The van der Waals surface area contributed by atoms with Crippen molar-refractivity contribution in [3.8, 4) is 5.75 Å². The van der Waals surface area contributed by atoms with E-state index in [4.69, 9.17) is 11.6 Å². The second kappa shape index (κ2) is 8.84. The lowest BCUT2D eigenvalue weighted by Gasteiger charge is -2.32. The summed E-state index contributed by atoms with van der Waals surface area (Å²) in [4.78, 5) is 28.6. The number of aromatic nitrogens is 1. The van der Waals surface area contributed by atoms with Gasteiger partial charge in [-0.3, -0.25) is 14.6 Å². The first-order valence-corrected chi connectivity index (χ1v) is 9.46. The first-order valence-electron chi connectivity index (χ1n) is 9.08. The monoisotopic (exact) mass is 423 g/mol. The number of amides is 1. The van der Waals surface area contributed by atoms with Gasteiger partial charge in [-0.05, 0) is 48.9 Å². The van der Waals surface area contributed by atoms with Gasteiger partial charge in [-0.1, -0.05) is 11.6 Å². The maximum absolute atomic E-state index is 13.9. The fourth-order valence-electron chi connectivity index (χ4n) is 3.15. The molecule has 3 N–H and O–H groups in total. The highest BCUT2D eigenvalue weighted by Gasteiger charge is 2.42. The summed E-state index contributed by atoms with van der Waals surface area (Å²) >= 11 is 5.88. The van der Waals surface area contributed by atoms with Crippen LogP contribution in [0.2, 0.25) is 5.02 Å². The molecule has 29 heavy (non-hydrogen) atoms. The number of pyridine rings is 1. The molecule has 1 aliphatic rings. The van der Waals surface area contributed by atoms with Crippen molar-refractivity contribution in [1.82, 2.24) is 15.6 Å². The van der Waals surface area contributed by atoms with Crippen molar-refractivity contribution in [2.75, 3.05) is 13.1 Å². The van der Waals surface area contributed by atoms with Gasteiger partial charge in [-0.2, -0.15) is 0 Å². The van der Waals surface area contributed by atoms with Crippen molar-refractivity contribution in [2.24, 2.45) is 0 Å². The van der Waals surface area contributed by atoms with Crippen LogP contribution in [0.25, 0.3) is 0 Å². The lowest BCUT2D eigenvalue weighted by atomic mass is 10.0. The molecule has 2 heterocycles. The van der Waals surface area contributed by atoms with Crippen molar-refractivity contribution >= 4 is 23.3 Å². The van der Waals surface area contributed by atoms with Crippen LogP contribution < -0.4 is 10.6 Å². The zero-order chi connectivity index (χ0) is 21.0. The summed E-state index contributed by atoms with van der Waals surface area (Å²) in [5.41, 5.74) is 0.895. The molecular formula is C20H20ClF2N3O3. The van der Waals surface area contributed by atoms with Crippen LogP contribution in [0.1, 0.15) is 28.0 Å². The average Bonchev–Trinajstić information content (AvgIpc) is 2.66. The normalized spacial score (nSPS) is 18.2. The fraction of sp³-hybridized carbons (Fsp3) is 0.350. The highest BCUT2D eigenvalue weighted by Crippen LogP contribution is 2.24. The number of phenolic OH excluding ortho intramolecular Hbond substituents is 1. The fourth-order valence-corrected chi connectivity index (χ4v) is 3.35. The van der Waals surface area contributed by atoms with Gasteiger partial charge in [0.25, 0.3) is 11.8 Å². The molecule has 1 aromatic carbocycles. The van der Waals surface area contributed by atoms with E-state index in [-0.39, 0.29) is 36.5 Å². The number of halogens is 3. The number of alkyl halides is 2. The van der Waals surface area contributed by atoms with Crippen molar-refractivity contribution in [3.63, 3.8) is 0 Å². The first kappa shape index (κ1) is 21.1. The van der Waals surface area contributed by atoms with E-state index >= 15 is 0 Å². The third kappa shape index (κ3) is 5.48. The highest BCUT2D eigenvalue weighted by molar-refractivity contribution is 6.30. The SMILES string of the molecule is O=C(Cc1ccnc(C(=O)NC2CCNCC2(F)F)c1)Cc1cc(Cl)ccc1O. The number of Topliss-reactive ketones (excluding diaryl/α,β-unsaturated/α-hetero) is 1. The number of phenols is 1. The number of hydrogen-bond donors (Lipinski definition) is 3. The number of carbonyl (C=O) groups is 2. The summed E-state index contributed by atoms with van der Waals surface area (Å²) in [7, 11) is 0. The lowest BCUT2D eigenvalue weighted by molar-refractivity contribution is -0.117. The van der Waals surface area contributed by atoms with Gasteiger partial charge in [-0.25, -0.2) is 8.78 Å². The molecule has 0 spiro atoms. The average molecular weight is 424 g/mol. The largest absolute Gasteiger partial charge is 0.508 e. The number of aromatic hydroxyl groups is 1. The number of nitrogens with zero attached hydrogens (tertiary/aromatic N) is 1. The maximum Gasteiger partial charge on any atom is 0.280 e. The summed E-state index contributed by atoms with van der Waals surface area (Å²) in [5, 5.41) is 15.2. The Bertz CT molecular complexity index is 924. The smallest absolute Gasteiger partial charge is 0.280 e. The summed E-state index contributed by atoms with van der Waals surface area (Å²) in [6, 6.07) is 6.16. The first-order chi connectivity index (χ1) is 13.7. The van der Waals surface area contributed by atoms with E-state index in [9.17, 15) is 23.5 Å². The number of ketones is 1. The minimum absolute atomic E-state index is 0.00172. The molecule has 1 aliphatic heterocycles. The molecule has 3 rings (SSSR count). The molecule has 1 saturated heterocycles. The van der Waals surface area contributed by atoms with Crippen LogP contribution >= 0.6 is 11.6 Å². The zero-order valence-corrected chi connectivity index (χ0v) is 16.2. The molecule has 1 fully saturated rings. The van der Waals surface area contributed by atoms with Gasteiger partial charge >= 0.3 is 0 Å². The predicted octanol–water partition coefficient (Wildman–Crippen LogP) is 2.52. The third-order valence-corrected chi connectivity index (χ3v) is 4.91. The molecule has 1 aromatic heterocycles. The van der Waals surface area contributed by atoms with Gasteiger partial charge in [0, 0.05) is 29.6 Å². The maximum atomic E-state index is 13.9. The summed E-state index contributed by atoms with van der Waals surface area (Å²) in [6.07, 6.45) is 1.44. The molecule has 0 aliphatic carbocycles. The molecule has 1 amide bonds. The Hall–Kier alpha value is -2.58. The topological polar surface area (TPSA) is 91.3 Å². The number of piperidine rings is 1. The molecule has 0 saturated carbocycles. The van der Waals surface area contributed by atoms with E-state index in [0.29, 0.717) is 22.7 Å². The van der Waals surface area contributed by atoms with Crippen molar-refractivity contribution < 1.29 is 23.5 Å². The van der Waals surface area contributed by atoms with Crippen LogP contribution in [0.3, 0.4) is 0 Å². The van der Waals surface area contributed by atoms with Gasteiger partial charge < -0.3 is 15.7 Å². The standard InChI is InChI=1S/C20H20ClF2N3O3/c21-14-1-2-17(28)13(9-14)10-15(27)7-12-3-6-25-16(8-12)19(29)26-18-4-5-24-11-20(18,22)23/h1-3,6,8-9,18,24,28H,4-5,7,10-11H2,(H,26,29). The molecule has 2 aromatic rings. The minimum Gasteiger partial charge on any atom is -0.508 e. The lowest BCUT2D eigenvalue weighted by Crippen LogP contribution is -2.57. The van der Waals surface area contributed by atoms with E-state index in [1.807, 2.05) is 0 Å². The van der Waals surface area contributed by atoms with E-state index in [0.717, 1.165) is 0 Å². The van der Waals surface area contributed by atoms with Crippen LogP contribution in [-0.2, 0) is 17.6 Å². The van der Waals surface area contributed by atoms with E-state index in [1.54, 1.807) is 6.07 Å². The van der Waals surface area contributed by atoms with Crippen molar-refractivity contribution in [3.05, 3.63) is 58.4 Å². The Morgan fingerprint density at radius 1 is 1.28 bits per heavy atom.